The van der Waals surface area contributed by atoms with Crippen LogP contribution in [0.1, 0.15) is 13.3 Å². The van der Waals surface area contributed by atoms with Gasteiger partial charge in [-0.3, -0.25) is 0 Å². The van der Waals surface area contributed by atoms with Gasteiger partial charge in [-0.05, 0) is 53.3 Å². The molecule has 0 amide bonds. The number of nitrogens with zero attached hydrogens (tertiary/aromatic N) is 1. The maximum atomic E-state index is 6.21. The lowest BCUT2D eigenvalue weighted by Gasteiger charge is -2.13. The molecule has 0 fully saturated rings. The molecule has 3 nitrogen and oxygen atoms in total. The van der Waals surface area contributed by atoms with Crippen molar-refractivity contribution in [3.8, 4) is 0 Å². The maximum Gasteiger partial charge on any atom is 0.151 e. The molecule has 1 aromatic carbocycles. The van der Waals surface area contributed by atoms with Crippen LogP contribution in [0.5, 0.6) is 0 Å². The molecule has 0 saturated heterocycles. The number of hydrogen-bond donors (Lipinski definition) is 2. The van der Waals surface area contributed by atoms with Crippen molar-refractivity contribution in [3.05, 3.63) is 42.9 Å². The number of anilines is 3. The summed E-state index contributed by atoms with van der Waals surface area (Å²) in [6.45, 7) is 2.86. The van der Waals surface area contributed by atoms with Crippen LogP contribution >= 0.6 is 57.4 Å². The van der Waals surface area contributed by atoms with Gasteiger partial charge in [-0.15, -0.1) is 0 Å². The highest BCUT2D eigenvalue weighted by Gasteiger charge is 2.11. The Kier molecular flexibility index (Phi) is 6.22. The molecule has 0 unspecified atom stereocenters. The average molecular weight is 457 g/mol. The van der Waals surface area contributed by atoms with Gasteiger partial charge in [-0.2, -0.15) is 0 Å². The summed E-state index contributed by atoms with van der Waals surface area (Å²) in [5, 5.41) is 7.84. The molecule has 1 aromatic heterocycles. The molecule has 21 heavy (non-hydrogen) atoms. The van der Waals surface area contributed by atoms with E-state index in [4.69, 9.17) is 34.8 Å². The molecule has 0 atom stereocenters. The average Bonchev–Trinajstić information content (AvgIpc) is 2.43. The number of halogens is 4. The molecule has 2 rings (SSSR count). The van der Waals surface area contributed by atoms with Crippen LogP contribution in [0.3, 0.4) is 0 Å². The highest BCUT2D eigenvalue weighted by atomic mass is 127. The number of pyridine rings is 1. The molecule has 0 aliphatic carbocycles. The van der Waals surface area contributed by atoms with Gasteiger partial charge in [0.2, 0.25) is 0 Å². The van der Waals surface area contributed by atoms with E-state index in [9.17, 15) is 0 Å². The van der Waals surface area contributed by atoms with E-state index in [0.29, 0.717) is 26.7 Å². The molecule has 2 N–H and O–H groups in total. The zero-order valence-corrected chi connectivity index (χ0v) is 15.6. The first kappa shape index (κ1) is 16.9. The number of aromatic nitrogens is 1. The first-order valence-corrected chi connectivity index (χ1v) is 8.54. The summed E-state index contributed by atoms with van der Waals surface area (Å²) in [5.74, 6) is 1.12. The molecule has 112 valence electrons. The van der Waals surface area contributed by atoms with Crippen molar-refractivity contribution in [1.29, 1.82) is 0 Å². The predicted octanol–water partition coefficient (Wildman–Crippen LogP) is 6.21. The number of nitrogens with one attached hydrogen (secondary N) is 2. The second kappa shape index (κ2) is 7.72. The van der Waals surface area contributed by atoms with Crippen LogP contribution in [0, 0.1) is 3.57 Å². The molecular weight excluding hydrogens is 443 g/mol. The van der Waals surface area contributed by atoms with Crippen molar-refractivity contribution in [1.82, 2.24) is 4.98 Å². The van der Waals surface area contributed by atoms with E-state index in [2.05, 4.69) is 45.1 Å². The van der Waals surface area contributed by atoms with E-state index in [-0.39, 0.29) is 0 Å². The van der Waals surface area contributed by atoms with Gasteiger partial charge in [0.05, 0.1) is 20.8 Å². The summed E-state index contributed by atoms with van der Waals surface area (Å²) < 4.78 is 1.06. The second-order valence-electron chi connectivity index (χ2n) is 4.33. The standard InChI is InChI=1S/C14H13Cl3IN3/c1-2-5-19-13-10(16)7-11(17)14(21-13)20-12-4-3-8(18)6-9(12)15/h3-4,6-7H,2,5H2,1H3,(H2,19,20,21). The lowest BCUT2D eigenvalue weighted by molar-refractivity contribution is 0.970. The lowest BCUT2D eigenvalue weighted by Crippen LogP contribution is -2.05. The van der Waals surface area contributed by atoms with Crippen molar-refractivity contribution < 1.29 is 0 Å². The SMILES string of the molecule is CCCNc1nc(Nc2ccc(I)cc2Cl)c(Cl)cc1Cl. The van der Waals surface area contributed by atoms with E-state index in [1.165, 1.54) is 0 Å². The number of benzene rings is 1. The Hall–Kier alpha value is -0.430. The largest absolute Gasteiger partial charge is 0.369 e. The maximum absolute atomic E-state index is 6.21. The van der Waals surface area contributed by atoms with Crippen LogP contribution in [0.4, 0.5) is 17.3 Å². The van der Waals surface area contributed by atoms with Crippen LogP contribution in [0.2, 0.25) is 15.1 Å². The summed E-state index contributed by atoms with van der Waals surface area (Å²) in [7, 11) is 0. The second-order valence-corrected chi connectivity index (χ2v) is 6.79. The molecule has 1 heterocycles. The van der Waals surface area contributed by atoms with Crippen molar-refractivity contribution in [3.63, 3.8) is 0 Å². The van der Waals surface area contributed by atoms with Gasteiger partial charge in [0.25, 0.3) is 0 Å². The van der Waals surface area contributed by atoms with Crippen LogP contribution in [-0.2, 0) is 0 Å². The van der Waals surface area contributed by atoms with Crippen LogP contribution in [-0.4, -0.2) is 11.5 Å². The predicted molar refractivity (Wildman–Crippen MR) is 100 cm³/mol. The van der Waals surface area contributed by atoms with Crippen LogP contribution < -0.4 is 10.6 Å². The third kappa shape index (κ3) is 4.52. The fraction of sp³-hybridized carbons (Fsp3) is 0.214. The van der Waals surface area contributed by atoms with Gasteiger partial charge in [-0.25, -0.2) is 4.98 Å². The Bertz CT molecular complexity index is 650. The van der Waals surface area contributed by atoms with Gasteiger partial charge >= 0.3 is 0 Å². The first-order chi connectivity index (χ1) is 10.0. The van der Waals surface area contributed by atoms with Crippen molar-refractivity contribution in [2.75, 3.05) is 17.2 Å². The lowest BCUT2D eigenvalue weighted by atomic mass is 10.3. The molecule has 0 bridgehead atoms. The minimum Gasteiger partial charge on any atom is -0.369 e. The highest BCUT2D eigenvalue weighted by Crippen LogP contribution is 2.33. The Balaban J connectivity index is 2.30. The van der Waals surface area contributed by atoms with Crippen molar-refractivity contribution >= 4 is 74.7 Å². The van der Waals surface area contributed by atoms with E-state index >= 15 is 0 Å². The van der Waals surface area contributed by atoms with E-state index in [1.807, 2.05) is 18.2 Å². The molecule has 0 spiro atoms. The zero-order chi connectivity index (χ0) is 15.4. The molecule has 0 aliphatic rings. The fourth-order valence-electron chi connectivity index (χ4n) is 1.64. The fourth-order valence-corrected chi connectivity index (χ4v) is 3.02. The van der Waals surface area contributed by atoms with E-state index in [1.54, 1.807) is 6.07 Å². The Labute approximate surface area is 152 Å². The van der Waals surface area contributed by atoms with Gasteiger partial charge in [0.1, 0.15) is 5.82 Å². The molecule has 0 saturated carbocycles. The topological polar surface area (TPSA) is 37.0 Å². The summed E-state index contributed by atoms with van der Waals surface area (Å²) >= 11 is 20.7. The third-order valence-electron chi connectivity index (χ3n) is 2.66. The normalized spacial score (nSPS) is 10.5. The summed E-state index contributed by atoms with van der Waals surface area (Å²) in [6, 6.07) is 7.37. The van der Waals surface area contributed by atoms with Crippen LogP contribution in [0.15, 0.2) is 24.3 Å². The van der Waals surface area contributed by atoms with Gasteiger partial charge in [0, 0.05) is 10.1 Å². The zero-order valence-electron chi connectivity index (χ0n) is 11.2. The van der Waals surface area contributed by atoms with Crippen molar-refractivity contribution in [2.24, 2.45) is 0 Å². The Morgan fingerprint density at radius 1 is 1.05 bits per heavy atom. The molecular formula is C14H13Cl3IN3. The molecule has 7 heteroatoms. The van der Waals surface area contributed by atoms with E-state index < -0.39 is 0 Å². The molecule has 0 radical (unpaired) electrons. The summed E-state index contributed by atoms with van der Waals surface area (Å²) in [5.41, 5.74) is 0.746. The van der Waals surface area contributed by atoms with Crippen molar-refractivity contribution in [2.45, 2.75) is 13.3 Å². The third-order valence-corrected chi connectivity index (χ3v) is 4.22. The Morgan fingerprint density at radius 2 is 1.76 bits per heavy atom. The minimum absolute atomic E-state index is 0.441. The first-order valence-electron chi connectivity index (χ1n) is 6.33. The molecule has 2 aromatic rings. The Morgan fingerprint density at radius 3 is 2.43 bits per heavy atom. The highest BCUT2D eigenvalue weighted by molar-refractivity contribution is 14.1. The molecule has 0 aliphatic heterocycles. The number of rotatable bonds is 5. The smallest absolute Gasteiger partial charge is 0.151 e. The summed E-state index contributed by atoms with van der Waals surface area (Å²) in [4.78, 5) is 4.42. The van der Waals surface area contributed by atoms with Gasteiger partial charge in [0.15, 0.2) is 5.82 Å². The quantitative estimate of drug-likeness (QED) is 0.525. The van der Waals surface area contributed by atoms with Gasteiger partial charge < -0.3 is 10.6 Å². The monoisotopic (exact) mass is 455 g/mol. The van der Waals surface area contributed by atoms with E-state index in [0.717, 1.165) is 22.2 Å². The number of hydrogen-bond acceptors (Lipinski definition) is 3. The minimum atomic E-state index is 0.441. The van der Waals surface area contributed by atoms with Gasteiger partial charge in [-0.1, -0.05) is 41.7 Å². The summed E-state index contributed by atoms with van der Waals surface area (Å²) in [6.07, 6.45) is 0.979. The van der Waals surface area contributed by atoms with Crippen LogP contribution in [0.25, 0.3) is 0 Å².